The third-order valence-electron chi connectivity index (χ3n) is 13.0. The van der Waals surface area contributed by atoms with E-state index in [9.17, 15) is 24.0 Å². The van der Waals surface area contributed by atoms with Crippen LogP contribution in [-0.4, -0.2) is 119 Å². The highest BCUT2D eigenvalue weighted by Crippen LogP contribution is 2.36. The van der Waals surface area contributed by atoms with Crippen LogP contribution in [0.4, 0.5) is 16.4 Å². The smallest absolute Gasteiger partial charge is 0.419 e. The van der Waals surface area contributed by atoms with Crippen molar-refractivity contribution in [3.8, 4) is 11.8 Å². The third kappa shape index (κ3) is 10.4. The molecule has 4 aromatic rings. The van der Waals surface area contributed by atoms with E-state index in [-0.39, 0.29) is 49.4 Å². The molecule has 1 unspecified atom stereocenters. The van der Waals surface area contributed by atoms with Crippen LogP contribution in [0.1, 0.15) is 109 Å². The van der Waals surface area contributed by atoms with Crippen molar-refractivity contribution in [1.29, 1.82) is 0 Å². The summed E-state index contributed by atoms with van der Waals surface area (Å²) in [5.74, 6) is 7.02. The molecule has 16 heteroatoms. The van der Waals surface area contributed by atoms with Crippen LogP contribution in [0, 0.1) is 17.8 Å². The summed E-state index contributed by atoms with van der Waals surface area (Å²) >= 11 is 0. The van der Waals surface area contributed by atoms with E-state index >= 15 is 0 Å². The van der Waals surface area contributed by atoms with Gasteiger partial charge in [0.1, 0.15) is 30.0 Å². The number of nitrogens with one attached hydrogen (secondary N) is 1. The Kier molecular flexibility index (Phi) is 13.5. The molecule has 0 spiro atoms. The summed E-state index contributed by atoms with van der Waals surface area (Å²) in [5.41, 5.74) is 3.33. The first kappa shape index (κ1) is 46.6. The maximum atomic E-state index is 13.6. The van der Waals surface area contributed by atoms with Crippen LogP contribution >= 0.6 is 0 Å². The van der Waals surface area contributed by atoms with Crippen molar-refractivity contribution >= 4 is 60.3 Å². The van der Waals surface area contributed by atoms with Crippen molar-refractivity contribution in [1.82, 2.24) is 29.2 Å². The van der Waals surface area contributed by atoms with Crippen LogP contribution in [0.5, 0.6) is 0 Å². The number of carbonyl (C=O) groups is 5. The molecule has 66 heavy (non-hydrogen) atoms. The largest absolute Gasteiger partial charge is 0.443 e. The number of aromatic nitrogens is 3. The van der Waals surface area contributed by atoms with E-state index in [4.69, 9.17) is 9.47 Å². The molecule has 4 amide bonds. The molecule has 15 nitrogen and oxygen atoms in total. The Balaban J connectivity index is 0.847. The maximum Gasteiger partial charge on any atom is 0.419 e. The number of hydrogen-bond acceptors (Lipinski definition) is 11. The molecule has 3 saturated heterocycles. The number of benzene rings is 1. The number of hydrogen-bond donors (Lipinski definition) is 1. The van der Waals surface area contributed by atoms with Gasteiger partial charge < -0.3 is 24.6 Å². The zero-order chi connectivity index (χ0) is 46.9. The lowest BCUT2D eigenvalue weighted by molar-refractivity contribution is -0.158. The summed E-state index contributed by atoms with van der Waals surface area (Å²) in [7, 11) is 0.731. The van der Waals surface area contributed by atoms with Crippen molar-refractivity contribution in [2.24, 2.45) is 5.92 Å². The number of pyridine rings is 2. The van der Waals surface area contributed by atoms with Gasteiger partial charge in [-0.05, 0) is 114 Å². The highest BCUT2D eigenvalue weighted by atomic mass is 28.3. The summed E-state index contributed by atoms with van der Waals surface area (Å²) < 4.78 is 13.2. The molecule has 1 aromatic carbocycles. The number of amides is 4. The van der Waals surface area contributed by atoms with Crippen molar-refractivity contribution < 1.29 is 33.4 Å². The number of piperidine rings is 2. The molecule has 1 N–H and O–H groups in total. The second-order valence-electron chi connectivity index (χ2n) is 20.3. The van der Waals surface area contributed by atoms with Crippen molar-refractivity contribution in [3.05, 3.63) is 82.8 Å². The number of likely N-dealkylation sites (tertiary alicyclic amines) is 2. The quantitative estimate of drug-likeness (QED) is 0.0681. The fourth-order valence-electron chi connectivity index (χ4n) is 9.29. The van der Waals surface area contributed by atoms with Crippen LogP contribution < -0.4 is 10.2 Å². The molecule has 0 saturated carbocycles. The predicted molar refractivity (Wildman–Crippen MR) is 255 cm³/mol. The third-order valence-corrected chi connectivity index (χ3v) is 14.7. The molecule has 7 heterocycles. The highest BCUT2D eigenvalue weighted by molar-refractivity contribution is 6.76. The summed E-state index contributed by atoms with van der Waals surface area (Å²) in [4.78, 5) is 83.3. The lowest BCUT2D eigenvalue weighted by Crippen LogP contribution is -2.55. The molecule has 0 bridgehead atoms. The van der Waals surface area contributed by atoms with E-state index in [1.807, 2.05) is 45.0 Å². The lowest BCUT2D eigenvalue weighted by atomic mass is 9.93. The van der Waals surface area contributed by atoms with Gasteiger partial charge in [0.2, 0.25) is 5.91 Å². The molecule has 348 valence electrons. The predicted octanol–water partition coefficient (Wildman–Crippen LogP) is 7.68. The van der Waals surface area contributed by atoms with Crippen LogP contribution in [-0.2, 0) is 25.6 Å². The number of fused-ring (bicyclic) bond motifs is 2. The normalized spacial score (nSPS) is 19.6. The Hall–Kier alpha value is -5.89. The van der Waals surface area contributed by atoms with E-state index in [0.29, 0.717) is 47.8 Å². The number of carbonyl (C=O) groups excluding carboxylic acids is 5. The molecular weight excluding hydrogens is 853 g/mol. The average molecular weight is 915 g/mol. The Bertz CT molecular complexity index is 2580. The van der Waals surface area contributed by atoms with Gasteiger partial charge in [-0.25, -0.2) is 19.3 Å². The molecule has 3 aromatic heterocycles. The highest BCUT2D eigenvalue weighted by Gasteiger charge is 2.43. The number of ether oxygens (including phenoxy) is 2. The van der Waals surface area contributed by atoms with Crippen LogP contribution in [0.25, 0.3) is 10.9 Å². The minimum Gasteiger partial charge on any atom is -0.443 e. The minimum atomic E-state index is -1.33. The second-order valence-corrected chi connectivity index (χ2v) is 25.9. The minimum absolute atomic E-state index is 0.0654. The lowest BCUT2D eigenvalue weighted by Gasteiger charge is -2.35. The Morgan fingerprint density at radius 1 is 0.939 bits per heavy atom. The van der Waals surface area contributed by atoms with E-state index in [1.54, 1.807) is 40.1 Å². The fourth-order valence-corrected chi connectivity index (χ4v) is 10.0. The standard InChI is InChI=1S/C50H62N8O7Si/c1-50(2,3)65-49(63)58-41-28-43(51-30-36(41)27-42(58)39-15-10-22-54(39)4)53-46(60)35-16-18-44(52-29-35)55-23-20-33(21-24-55)11-8-12-34-13-9-14-37-38(34)31-56(47(37)61)40-17-19-45(59)57(48(40)62)32-64-25-26-66(5,6)7/h9,13-14,16,18,27-30,33,39-40H,10-11,15,17,19-26,31-32H2,1-7H3,(H,51,53,60)/t39-,40?/m1/s1. The van der Waals surface area contributed by atoms with Crippen LogP contribution in [0.15, 0.2) is 54.9 Å². The molecule has 3 fully saturated rings. The van der Waals surface area contributed by atoms with Crippen LogP contribution in [0.3, 0.4) is 0 Å². The van der Waals surface area contributed by atoms with E-state index in [2.05, 4.69) is 63.6 Å². The molecular formula is C50H62N8O7Si. The number of anilines is 2. The zero-order valence-electron chi connectivity index (χ0n) is 39.3. The molecule has 0 aliphatic carbocycles. The Morgan fingerprint density at radius 2 is 1.73 bits per heavy atom. The van der Waals surface area contributed by atoms with Crippen molar-refractivity contribution in [2.45, 2.75) is 116 Å². The first-order valence-electron chi connectivity index (χ1n) is 23.2. The molecule has 2 atom stereocenters. The summed E-state index contributed by atoms with van der Waals surface area (Å²) in [5, 5.41) is 3.69. The first-order valence-corrected chi connectivity index (χ1v) is 27.0. The van der Waals surface area contributed by atoms with Gasteiger partial charge in [0.25, 0.3) is 17.7 Å². The monoisotopic (exact) mass is 914 g/mol. The number of imide groups is 1. The van der Waals surface area contributed by atoms with Gasteiger partial charge in [-0.3, -0.25) is 29.0 Å². The van der Waals surface area contributed by atoms with E-state index < -0.39 is 25.8 Å². The van der Waals surface area contributed by atoms with Gasteiger partial charge in [-0.1, -0.05) is 37.5 Å². The molecule has 4 aliphatic heterocycles. The summed E-state index contributed by atoms with van der Waals surface area (Å²) in [6.45, 7) is 15.5. The molecule has 8 rings (SSSR count). The Labute approximate surface area is 388 Å². The summed E-state index contributed by atoms with van der Waals surface area (Å²) in [6, 6.07) is 13.2. The van der Waals surface area contributed by atoms with Gasteiger partial charge in [0, 0.05) is 87.8 Å². The average Bonchev–Trinajstić information content (AvgIpc) is 3.97. The van der Waals surface area contributed by atoms with Gasteiger partial charge in [0.15, 0.2) is 0 Å². The number of rotatable bonds is 11. The maximum absolute atomic E-state index is 13.6. The topological polar surface area (TPSA) is 160 Å². The van der Waals surface area contributed by atoms with Gasteiger partial charge in [-0.15, -0.1) is 0 Å². The molecule has 0 radical (unpaired) electrons. The van der Waals surface area contributed by atoms with Crippen LogP contribution in [0.2, 0.25) is 25.7 Å². The second kappa shape index (κ2) is 19.1. The number of nitrogens with zero attached hydrogens (tertiary/aromatic N) is 7. The van der Waals surface area contributed by atoms with E-state index in [0.717, 1.165) is 79.4 Å². The first-order chi connectivity index (χ1) is 31.4. The van der Waals surface area contributed by atoms with Gasteiger partial charge in [-0.2, -0.15) is 0 Å². The van der Waals surface area contributed by atoms with Crippen molar-refractivity contribution in [2.75, 3.05) is 50.2 Å². The molecule has 4 aliphatic rings. The Morgan fingerprint density at radius 3 is 2.42 bits per heavy atom. The van der Waals surface area contributed by atoms with Gasteiger partial charge in [0.05, 0.1) is 17.1 Å². The fraction of sp³-hybridized carbons (Fsp3) is 0.500. The van der Waals surface area contributed by atoms with E-state index in [1.165, 1.54) is 4.90 Å². The summed E-state index contributed by atoms with van der Waals surface area (Å²) in [6.07, 6.45) is 7.79. The van der Waals surface area contributed by atoms with Gasteiger partial charge >= 0.3 is 6.09 Å². The zero-order valence-corrected chi connectivity index (χ0v) is 40.3. The van der Waals surface area contributed by atoms with Crippen molar-refractivity contribution in [3.63, 3.8) is 0 Å². The SMILES string of the molecule is CN1CCC[C@@H]1c1cc2cnc(NC(=O)c3ccc(N4CCC(CC#Cc5cccc6c5CN(C5CCC(=O)N(COCC[Si](C)(C)C)C5=O)C6=O)CC4)nc3)cc2n1C(=O)OC(C)(C)C.